The maximum Gasteiger partial charge on any atom is 0.232 e. The molecule has 1 aliphatic rings. The van der Waals surface area contributed by atoms with Crippen molar-refractivity contribution in [3.8, 4) is 0 Å². The van der Waals surface area contributed by atoms with Gasteiger partial charge in [-0.1, -0.05) is 17.4 Å². The van der Waals surface area contributed by atoms with Gasteiger partial charge in [-0.25, -0.2) is 0 Å². The van der Waals surface area contributed by atoms with Crippen LogP contribution in [-0.2, 0) is 11.2 Å². The molecule has 2 N–H and O–H groups in total. The zero-order valence-electron chi connectivity index (χ0n) is 11.8. The maximum atomic E-state index is 12.0. The van der Waals surface area contributed by atoms with Crippen molar-refractivity contribution in [3.63, 3.8) is 0 Å². The van der Waals surface area contributed by atoms with Gasteiger partial charge >= 0.3 is 0 Å². The van der Waals surface area contributed by atoms with Gasteiger partial charge in [0.15, 0.2) is 0 Å². The molecule has 2 aromatic rings. The first-order chi connectivity index (χ1) is 10.7. The van der Waals surface area contributed by atoms with Crippen LogP contribution in [0.4, 0.5) is 5.13 Å². The van der Waals surface area contributed by atoms with E-state index in [0.29, 0.717) is 5.13 Å². The quantitative estimate of drug-likeness (QED) is 0.869. The number of hydrogen-bond acceptors (Lipinski definition) is 7. The van der Waals surface area contributed by atoms with Crippen LogP contribution in [-0.4, -0.2) is 38.1 Å². The summed E-state index contributed by atoms with van der Waals surface area (Å²) in [4.78, 5) is 16.1. The summed E-state index contributed by atoms with van der Waals surface area (Å²) in [6, 6.07) is 5.49. The van der Waals surface area contributed by atoms with E-state index in [1.54, 1.807) is 18.0 Å². The molecule has 22 heavy (non-hydrogen) atoms. The third kappa shape index (κ3) is 3.82. The lowest BCUT2D eigenvalue weighted by Crippen LogP contribution is -2.14. The molecule has 2 aromatic heterocycles. The molecule has 1 saturated heterocycles. The zero-order valence-corrected chi connectivity index (χ0v) is 13.4. The Bertz CT molecular complexity index is 635. The highest BCUT2D eigenvalue weighted by molar-refractivity contribution is 8.00. The third-order valence-corrected chi connectivity index (χ3v) is 6.00. The van der Waals surface area contributed by atoms with Gasteiger partial charge in [0.05, 0.1) is 18.3 Å². The molecular formula is C14H16N4O2S2. The van der Waals surface area contributed by atoms with E-state index in [0.717, 1.165) is 23.5 Å². The molecule has 0 bridgehead atoms. The molecule has 8 heteroatoms. The van der Waals surface area contributed by atoms with Gasteiger partial charge in [-0.3, -0.25) is 9.78 Å². The number of carbonyl (C=O) groups excluding carboxylic acids is 1. The van der Waals surface area contributed by atoms with Crippen LogP contribution in [0.3, 0.4) is 0 Å². The standard InChI is InChI=1S/C14H16N4O2S2/c19-8-10-4-5-11(21-10)13-17-18-14(22-13)16-12(20)7-9-3-1-2-6-15-9/h1-3,6,10-11,19H,4-5,7-8H2,(H,16,18,20). The lowest BCUT2D eigenvalue weighted by molar-refractivity contribution is -0.115. The van der Waals surface area contributed by atoms with Crippen LogP contribution >= 0.6 is 23.1 Å². The minimum Gasteiger partial charge on any atom is -0.395 e. The molecule has 3 heterocycles. The van der Waals surface area contributed by atoms with Crippen LogP contribution in [0.5, 0.6) is 0 Å². The van der Waals surface area contributed by atoms with Crippen molar-refractivity contribution in [2.45, 2.75) is 29.8 Å². The molecule has 6 nitrogen and oxygen atoms in total. The van der Waals surface area contributed by atoms with Crippen LogP contribution < -0.4 is 5.32 Å². The van der Waals surface area contributed by atoms with Gasteiger partial charge in [-0.15, -0.1) is 22.0 Å². The second kappa shape index (κ2) is 7.17. The van der Waals surface area contributed by atoms with Crippen molar-refractivity contribution in [2.24, 2.45) is 0 Å². The Morgan fingerprint density at radius 1 is 1.36 bits per heavy atom. The van der Waals surface area contributed by atoms with Crippen LogP contribution in [0, 0.1) is 0 Å². The lowest BCUT2D eigenvalue weighted by Gasteiger charge is -2.05. The number of amides is 1. The van der Waals surface area contributed by atoms with E-state index < -0.39 is 0 Å². The number of thioether (sulfide) groups is 1. The molecule has 0 aromatic carbocycles. The Balaban J connectivity index is 1.56. The Kier molecular flexibility index (Phi) is 5.01. The van der Waals surface area contributed by atoms with Gasteiger partial charge in [-0.05, 0) is 25.0 Å². The van der Waals surface area contributed by atoms with E-state index in [-0.39, 0.29) is 29.4 Å². The number of rotatable bonds is 5. The Morgan fingerprint density at radius 3 is 3.00 bits per heavy atom. The molecule has 0 spiro atoms. The summed E-state index contributed by atoms with van der Waals surface area (Å²) in [5.41, 5.74) is 0.724. The summed E-state index contributed by atoms with van der Waals surface area (Å²) in [5.74, 6) is -0.145. The molecule has 0 aliphatic carbocycles. The molecule has 1 aliphatic heterocycles. The summed E-state index contributed by atoms with van der Waals surface area (Å²) in [5, 5.41) is 22.1. The highest BCUT2D eigenvalue weighted by Gasteiger charge is 2.28. The van der Waals surface area contributed by atoms with Gasteiger partial charge in [0.1, 0.15) is 5.01 Å². The van der Waals surface area contributed by atoms with Crippen LogP contribution in [0.1, 0.15) is 28.8 Å². The number of nitrogens with zero attached hydrogens (tertiary/aromatic N) is 3. The fourth-order valence-electron chi connectivity index (χ4n) is 2.27. The Morgan fingerprint density at radius 2 is 2.27 bits per heavy atom. The van der Waals surface area contributed by atoms with E-state index in [1.165, 1.54) is 11.3 Å². The third-order valence-electron chi connectivity index (χ3n) is 3.34. The minimum atomic E-state index is -0.145. The average Bonchev–Trinajstić information content (AvgIpc) is 3.16. The first-order valence-electron chi connectivity index (χ1n) is 7.04. The number of hydrogen-bond donors (Lipinski definition) is 2. The molecule has 1 fully saturated rings. The largest absolute Gasteiger partial charge is 0.395 e. The summed E-state index contributed by atoms with van der Waals surface area (Å²) >= 11 is 3.14. The van der Waals surface area contributed by atoms with E-state index in [2.05, 4.69) is 20.5 Å². The Labute approximate surface area is 136 Å². The number of aromatic nitrogens is 3. The average molecular weight is 336 g/mol. The van der Waals surface area contributed by atoms with Crippen LogP contribution in [0.15, 0.2) is 24.4 Å². The van der Waals surface area contributed by atoms with Gasteiger partial charge in [0, 0.05) is 17.1 Å². The van der Waals surface area contributed by atoms with Crippen LogP contribution in [0.25, 0.3) is 0 Å². The number of carbonyl (C=O) groups is 1. The molecule has 2 unspecified atom stereocenters. The monoisotopic (exact) mass is 336 g/mol. The fraction of sp³-hybridized carbons (Fsp3) is 0.429. The van der Waals surface area contributed by atoms with Gasteiger partial charge in [0.2, 0.25) is 11.0 Å². The molecular weight excluding hydrogens is 320 g/mol. The van der Waals surface area contributed by atoms with Crippen molar-refractivity contribution in [1.29, 1.82) is 0 Å². The fourth-order valence-corrected chi connectivity index (χ4v) is 4.61. The van der Waals surface area contributed by atoms with Crippen molar-refractivity contribution in [1.82, 2.24) is 15.2 Å². The lowest BCUT2D eigenvalue weighted by atomic mass is 10.2. The Hall–Kier alpha value is -1.51. The van der Waals surface area contributed by atoms with Crippen molar-refractivity contribution in [2.75, 3.05) is 11.9 Å². The first-order valence-corrected chi connectivity index (χ1v) is 8.80. The number of anilines is 1. The first kappa shape index (κ1) is 15.4. The van der Waals surface area contributed by atoms with E-state index >= 15 is 0 Å². The number of pyridine rings is 1. The molecule has 0 saturated carbocycles. The number of aliphatic hydroxyl groups excluding tert-OH is 1. The normalized spacial score (nSPS) is 21.0. The predicted molar refractivity (Wildman–Crippen MR) is 86.9 cm³/mol. The highest BCUT2D eigenvalue weighted by atomic mass is 32.2. The predicted octanol–water partition coefficient (Wildman–Crippen LogP) is 2.04. The van der Waals surface area contributed by atoms with Crippen molar-refractivity contribution >= 4 is 34.1 Å². The number of nitrogens with one attached hydrogen (secondary N) is 1. The van der Waals surface area contributed by atoms with Gasteiger partial charge in [-0.2, -0.15) is 0 Å². The van der Waals surface area contributed by atoms with Crippen molar-refractivity contribution < 1.29 is 9.90 Å². The molecule has 3 rings (SSSR count). The SMILES string of the molecule is O=C(Cc1ccccn1)Nc1nnc(C2CCC(CO)S2)s1. The number of aliphatic hydroxyl groups is 1. The molecule has 2 atom stereocenters. The second-order valence-electron chi connectivity index (χ2n) is 5.00. The zero-order chi connectivity index (χ0) is 15.4. The topological polar surface area (TPSA) is 88.0 Å². The smallest absolute Gasteiger partial charge is 0.232 e. The van der Waals surface area contributed by atoms with Crippen LogP contribution in [0.2, 0.25) is 0 Å². The van der Waals surface area contributed by atoms with Crippen molar-refractivity contribution in [3.05, 3.63) is 35.1 Å². The van der Waals surface area contributed by atoms with Gasteiger partial charge in [0.25, 0.3) is 0 Å². The summed E-state index contributed by atoms with van der Waals surface area (Å²) in [7, 11) is 0. The second-order valence-corrected chi connectivity index (χ2v) is 7.52. The maximum absolute atomic E-state index is 12.0. The summed E-state index contributed by atoms with van der Waals surface area (Å²) < 4.78 is 0. The van der Waals surface area contributed by atoms with E-state index in [1.807, 2.05) is 18.2 Å². The summed E-state index contributed by atoms with van der Waals surface area (Å²) in [6.07, 6.45) is 3.88. The minimum absolute atomic E-state index is 0.145. The molecule has 1 amide bonds. The summed E-state index contributed by atoms with van der Waals surface area (Å²) in [6.45, 7) is 0.202. The highest BCUT2D eigenvalue weighted by Crippen LogP contribution is 2.45. The molecule has 116 valence electrons. The molecule has 0 radical (unpaired) electrons. The van der Waals surface area contributed by atoms with E-state index in [9.17, 15) is 9.90 Å². The van der Waals surface area contributed by atoms with Gasteiger partial charge < -0.3 is 10.4 Å². The van der Waals surface area contributed by atoms with E-state index in [4.69, 9.17) is 0 Å².